The minimum absolute atomic E-state index is 0.105. The molecule has 3 aromatic rings. The molecule has 2 amide bonds. The summed E-state index contributed by atoms with van der Waals surface area (Å²) in [6.07, 6.45) is 2.11. The number of nitrogens with one attached hydrogen (secondary N) is 1. The number of benzene rings is 3. The van der Waals surface area contributed by atoms with E-state index < -0.39 is 6.04 Å². The fourth-order valence-corrected chi connectivity index (χ4v) is 4.36. The van der Waals surface area contributed by atoms with E-state index in [1.54, 1.807) is 24.0 Å². The zero-order chi connectivity index (χ0) is 25.2. The van der Waals surface area contributed by atoms with E-state index in [0.717, 1.165) is 29.5 Å². The Hall–Kier alpha value is -2.82. The minimum atomic E-state index is -0.638. The van der Waals surface area contributed by atoms with E-state index in [1.165, 1.54) is 0 Å². The van der Waals surface area contributed by atoms with Gasteiger partial charge in [-0.2, -0.15) is 0 Å². The minimum Gasteiger partial charge on any atom is -0.354 e. The fourth-order valence-electron chi connectivity index (χ4n) is 4.04. The van der Waals surface area contributed by atoms with Crippen LogP contribution in [-0.2, 0) is 16.1 Å². The molecule has 0 aliphatic rings. The number of carbonyl (C=O) groups excluding carboxylic acids is 2. The third-order valence-corrected chi connectivity index (χ3v) is 6.86. The molecule has 0 spiro atoms. The van der Waals surface area contributed by atoms with Crippen molar-refractivity contribution in [2.45, 2.75) is 51.6 Å². The first-order chi connectivity index (χ1) is 16.9. The second kappa shape index (κ2) is 13.3. The summed E-state index contributed by atoms with van der Waals surface area (Å²) >= 11 is 12.3. The van der Waals surface area contributed by atoms with E-state index in [2.05, 4.69) is 12.2 Å². The first-order valence-electron chi connectivity index (χ1n) is 12.0. The predicted octanol–water partition coefficient (Wildman–Crippen LogP) is 6.85. The lowest BCUT2D eigenvalue weighted by atomic mass is 9.88. The van der Waals surface area contributed by atoms with Crippen molar-refractivity contribution in [3.63, 3.8) is 0 Å². The molecule has 1 N–H and O–H groups in total. The molecule has 3 aromatic carbocycles. The maximum atomic E-state index is 13.8. The summed E-state index contributed by atoms with van der Waals surface area (Å²) in [4.78, 5) is 28.4. The van der Waals surface area contributed by atoms with Gasteiger partial charge in [-0.25, -0.2) is 0 Å². The Kier molecular flexibility index (Phi) is 10.2. The van der Waals surface area contributed by atoms with Gasteiger partial charge < -0.3 is 10.2 Å². The second-order valence-electron chi connectivity index (χ2n) is 8.67. The van der Waals surface area contributed by atoms with E-state index in [-0.39, 0.29) is 30.7 Å². The first-order valence-corrected chi connectivity index (χ1v) is 12.8. The van der Waals surface area contributed by atoms with Crippen molar-refractivity contribution in [2.75, 3.05) is 6.54 Å². The molecule has 0 saturated heterocycles. The highest BCUT2D eigenvalue weighted by molar-refractivity contribution is 6.42. The molecule has 0 aliphatic carbocycles. The van der Waals surface area contributed by atoms with Gasteiger partial charge in [0.05, 0.1) is 10.0 Å². The summed E-state index contributed by atoms with van der Waals surface area (Å²) in [5, 5.41) is 3.83. The summed E-state index contributed by atoms with van der Waals surface area (Å²) < 4.78 is 0. The van der Waals surface area contributed by atoms with E-state index in [4.69, 9.17) is 23.2 Å². The molecule has 0 unspecified atom stereocenters. The Morgan fingerprint density at radius 2 is 1.49 bits per heavy atom. The van der Waals surface area contributed by atoms with Gasteiger partial charge in [0.2, 0.25) is 11.8 Å². The van der Waals surface area contributed by atoms with Gasteiger partial charge >= 0.3 is 0 Å². The van der Waals surface area contributed by atoms with Crippen molar-refractivity contribution < 1.29 is 9.59 Å². The number of halogens is 2. The van der Waals surface area contributed by atoms with Crippen LogP contribution in [0, 0.1) is 0 Å². The number of nitrogens with zero attached hydrogens (tertiary/aromatic N) is 1. The van der Waals surface area contributed by atoms with Crippen LogP contribution < -0.4 is 5.32 Å². The van der Waals surface area contributed by atoms with Crippen LogP contribution in [0.3, 0.4) is 0 Å². The molecule has 0 aliphatic heterocycles. The van der Waals surface area contributed by atoms with Gasteiger partial charge in [-0.1, -0.05) is 103 Å². The highest BCUT2D eigenvalue weighted by atomic mass is 35.5. The lowest BCUT2D eigenvalue weighted by molar-refractivity contribution is -0.140. The number of carbonyl (C=O) groups is 2. The van der Waals surface area contributed by atoms with Crippen LogP contribution in [0.2, 0.25) is 10.0 Å². The highest BCUT2D eigenvalue weighted by Crippen LogP contribution is 2.30. The molecule has 4 nitrogen and oxygen atoms in total. The van der Waals surface area contributed by atoms with E-state index in [1.807, 2.05) is 66.7 Å². The average Bonchev–Trinajstić information content (AvgIpc) is 2.88. The van der Waals surface area contributed by atoms with Crippen molar-refractivity contribution in [3.05, 3.63) is 106 Å². The van der Waals surface area contributed by atoms with Crippen molar-refractivity contribution in [1.82, 2.24) is 10.2 Å². The van der Waals surface area contributed by atoms with Crippen LogP contribution in [-0.4, -0.2) is 29.3 Å². The Morgan fingerprint density at radius 3 is 2.03 bits per heavy atom. The largest absolute Gasteiger partial charge is 0.354 e. The maximum absolute atomic E-state index is 13.8. The maximum Gasteiger partial charge on any atom is 0.242 e. The van der Waals surface area contributed by atoms with Crippen LogP contribution in [0.1, 0.15) is 55.7 Å². The van der Waals surface area contributed by atoms with E-state index in [9.17, 15) is 9.59 Å². The number of hydrogen-bond acceptors (Lipinski definition) is 2. The SMILES string of the molecule is CCCCNC(=O)[C@H](C)N(Cc1ccc(Cl)c(Cl)c1)C(=O)CC(c1ccccc1)c1ccccc1. The van der Waals surface area contributed by atoms with Crippen molar-refractivity contribution in [1.29, 1.82) is 0 Å². The molecule has 0 bridgehead atoms. The quantitative estimate of drug-likeness (QED) is 0.286. The third-order valence-electron chi connectivity index (χ3n) is 6.12. The van der Waals surface area contributed by atoms with Gasteiger partial charge in [0.25, 0.3) is 0 Å². The number of amides is 2. The standard InChI is InChI=1S/C29H32Cl2N2O2/c1-3-4-17-32-29(35)21(2)33(20-22-15-16-26(30)27(31)18-22)28(34)19-25(23-11-7-5-8-12-23)24-13-9-6-10-14-24/h5-16,18,21,25H,3-4,17,19-20H2,1-2H3,(H,32,35)/t21-/m0/s1. The first kappa shape index (κ1) is 26.8. The summed E-state index contributed by atoms with van der Waals surface area (Å²) in [5.74, 6) is -0.397. The van der Waals surface area contributed by atoms with Gasteiger partial charge in [-0.05, 0) is 42.2 Å². The molecule has 0 saturated carbocycles. The molecular formula is C29H32Cl2N2O2. The van der Waals surface area contributed by atoms with E-state index in [0.29, 0.717) is 16.6 Å². The van der Waals surface area contributed by atoms with Crippen LogP contribution in [0.15, 0.2) is 78.9 Å². The van der Waals surface area contributed by atoms with Crippen LogP contribution >= 0.6 is 23.2 Å². The lowest BCUT2D eigenvalue weighted by Crippen LogP contribution is -2.48. The lowest BCUT2D eigenvalue weighted by Gasteiger charge is -2.30. The summed E-state index contributed by atoms with van der Waals surface area (Å²) in [6, 6.07) is 24.7. The van der Waals surface area contributed by atoms with Crippen LogP contribution in [0.25, 0.3) is 0 Å². The van der Waals surface area contributed by atoms with Gasteiger partial charge in [-0.15, -0.1) is 0 Å². The van der Waals surface area contributed by atoms with Crippen molar-refractivity contribution in [2.24, 2.45) is 0 Å². The number of rotatable bonds is 11. The van der Waals surface area contributed by atoms with Crippen molar-refractivity contribution in [3.8, 4) is 0 Å². The highest BCUT2D eigenvalue weighted by Gasteiger charge is 2.29. The van der Waals surface area contributed by atoms with Gasteiger partial charge in [-0.3, -0.25) is 9.59 Å². The van der Waals surface area contributed by atoms with Gasteiger partial charge in [0.15, 0.2) is 0 Å². The van der Waals surface area contributed by atoms with Crippen molar-refractivity contribution >= 4 is 35.0 Å². The van der Waals surface area contributed by atoms with Crippen LogP contribution in [0.5, 0.6) is 0 Å². The molecule has 3 rings (SSSR count). The Balaban J connectivity index is 1.90. The fraction of sp³-hybridized carbons (Fsp3) is 0.310. The second-order valence-corrected chi connectivity index (χ2v) is 9.48. The molecular weight excluding hydrogens is 479 g/mol. The number of hydrogen-bond donors (Lipinski definition) is 1. The molecule has 6 heteroatoms. The van der Waals surface area contributed by atoms with Gasteiger partial charge in [0, 0.05) is 25.4 Å². The number of unbranched alkanes of at least 4 members (excludes halogenated alkanes) is 1. The van der Waals surface area contributed by atoms with Gasteiger partial charge in [0.1, 0.15) is 6.04 Å². The molecule has 1 atom stereocenters. The summed E-state index contributed by atoms with van der Waals surface area (Å²) in [5.41, 5.74) is 2.93. The Labute approximate surface area is 218 Å². The average molecular weight is 511 g/mol. The summed E-state index contributed by atoms with van der Waals surface area (Å²) in [7, 11) is 0. The normalized spacial score (nSPS) is 11.8. The monoisotopic (exact) mass is 510 g/mol. The molecule has 35 heavy (non-hydrogen) atoms. The zero-order valence-electron chi connectivity index (χ0n) is 20.2. The molecule has 0 radical (unpaired) electrons. The zero-order valence-corrected chi connectivity index (χ0v) is 21.7. The Bertz CT molecular complexity index is 1070. The third kappa shape index (κ3) is 7.58. The Morgan fingerprint density at radius 1 is 0.886 bits per heavy atom. The molecule has 0 aromatic heterocycles. The van der Waals surface area contributed by atoms with Crippen LogP contribution in [0.4, 0.5) is 0 Å². The molecule has 184 valence electrons. The van der Waals surface area contributed by atoms with E-state index >= 15 is 0 Å². The predicted molar refractivity (Wildman–Crippen MR) is 144 cm³/mol. The summed E-state index contributed by atoms with van der Waals surface area (Å²) in [6.45, 7) is 4.69. The molecule has 0 fully saturated rings. The smallest absolute Gasteiger partial charge is 0.242 e. The topological polar surface area (TPSA) is 49.4 Å². The molecule has 0 heterocycles.